The topological polar surface area (TPSA) is 46.5 Å². The number of nitrogens with zero attached hydrogens (tertiary/aromatic N) is 1. The van der Waals surface area contributed by atoms with Crippen molar-refractivity contribution in [2.75, 3.05) is 6.26 Å². The highest BCUT2D eigenvalue weighted by Gasteiger charge is 2.09. The van der Waals surface area contributed by atoms with Crippen molar-refractivity contribution in [3.63, 3.8) is 0 Å². The average molecular weight is 179 g/mol. The largest absolute Gasteiger partial charge is 0.249 e. The minimum Gasteiger partial charge on any atom is -0.205 e. The average Bonchev–Trinajstić information content (AvgIpc) is 1.57. The molecule has 0 aromatic heterocycles. The maximum Gasteiger partial charge on any atom is 0.249 e. The highest BCUT2D eigenvalue weighted by Crippen LogP contribution is 1.96. The summed E-state index contributed by atoms with van der Waals surface area (Å²) in [6.07, 6.45) is 1.10. The van der Waals surface area contributed by atoms with E-state index in [-0.39, 0.29) is 0 Å². The van der Waals surface area contributed by atoms with Crippen molar-refractivity contribution >= 4 is 23.9 Å². The molecule has 0 heterocycles. The van der Waals surface area contributed by atoms with Crippen LogP contribution >= 0.6 is 0 Å². The van der Waals surface area contributed by atoms with Crippen molar-refractivity contribution in [3.8, 4) is 0 Å². The smallest absolute Gasteiger partial charge is 0.205 e. The van der Waals surface area contributed by atoms with Crippen LogP contribution in [-0.4, -0.2) is 28.6 Å². The quantitative estimate of drug-likeness (QED) is 0.467. The van der Waals surface area contributed by atoms with E-state index in [0.29, 0.717) is 0 Å². The van der Waals surface area contributed by atoms with Gasteiger partial charge in [0.1, 0.15) is 0 Å². The predicted octanol–water partition coefficient (Wildman–Crippen LogP) is 0.894. The minimum atomic E-state index is -3.15. The Morgan fingerprint density at radius 2 is 1.70 bits per heavy atom. The lowest BCUT2D eigenvalue weighted by Crippen LogP contribution is -2.22. The van der Waals surface area contributed by atoms with Gasteiger partial charge < -0.3 is 0 Å². The van der Waals surface area contributed by atoms with E-state index in [0.717, 1.165) is 6.26 Å². The van der Waals surface area contributed by atoms with Crippen LogP contribution in [0.2, 0.25) is 19.6 Å². The molecule has 0 radical (unpaired) electrons. The van der Waals surface area contributed by atoms with Crippen LogP contribution in [0, 0.1) is 0 Å². The van der Waals surface area contributed by atoms with Gasteiger partial charge in [-0.3, -0.25) is 0 Å². The summed E-state index contributed by atoms with van der Waals surface area (Å²) in [7, 11) is -4.59. The maximum absolute atomic E-state index is 10.5. The molecule has 0 unspecified atom stereocenters. The molecule has 0 N–H and O–H groups in total. The van der Waals surface area contributed by atoms with Crippen LogP contribution in [0.4, 0.5) is 0 Å². The third kappa shape index (κ3) is 7.84. The summed E-state index contributed by atoms with van der Waals surface area (Å²) >= 11 is 0. The van der Waals surface area contributed by atoms with E-state index in [2.05, 4.69) is 4.40 Å². The minimum absolute atomic E-state index is 1.10. The van der Waals surface area contributed by atoms with Crippen molar-refractivity contribution in [2.45, 2.75) is 19.6 Å². The SMILES string of the molecule is C[Si](C)(C)/C=N/S(C)(=O)=O. The van der Waals surface area contributed by atoms with Gasteiger partial charge in [0.25, 0.3) is 0 Å². The lowest BCUT2D eigenvalue weighted by molar-refractivity contribution is 0.604. The molecule has 0 fully saturated rings. The summed E-state index contributed by atoms with van der Waals surface area (Å²) < 4.78 is 24.4. The molecule has 0 amide bonds. The molecule has 0 aliphatic carbocycles. The van der Waals surface area contributed by atoms with Gasteiger partial charge in [0.2, 0.25) is 10.0 Å². The third-order valence-electron chi connectivity index (χ3n) is 0.631. The predicted molar refractivity (Wildman–Crippen MR) is 46.7 cm³/mol. The highest BCUT2D eigenvalue weighted by atomic mass is 32.2. The molecule has 0 spiro atoms. The van der Waals surface area contributed by atoms with Crippen molar-refractivity contribution < 1.29 is 8.42 Å². The molecule has 3 nitrogen and oxygen atoms in total. The summed E-state index contributed by atoms with van der Waals surface area (Å²) in [4.78, 5) is 0. The summed E-state index contributed by atoms with van der Waals surface area (Å²) in [6, 6.07) is 0. The fourth-order valence-electron chi connectivity index (χ4n) is 0.254. The molecule has 0 aliphatic heterocycles. The molecule has 0 saturated carbocycles. The molecule has 0 saturated heterocycles. The first-order valence-electron chi connectivity index (χ1n) is 2.97. The van der Waals surface area contributed by atoms with Gasteiger partial charge in [0.15, 0.2) is 0 Å². The first-order valence-corrected chi connectivity index (χ1v) is 8.40. The lowest BCUT2D eigenvalue weighted by atomic mass is 11.7. The zero-order valence-electron chi connectivity index (χ0n) is 6.75. The molecule has 10 heavy (non-hydrogen) atoms. The summed E-state index contributed by atoms with van der Waals surface area (Å²) in [5, 5.41) is 0. The molecule has 0 aromatic carbocycles. The second-order valence-electron chi connectivity index (χ2n) is 3.33. The van der Waals surface area contributed by atoms with Crippen molar-refractivity contribution in [3.05, 3.63) is 0 Å². The van der Waals surface area contributed by atoms with E-state index >= 15 is 0 Å². The molecule has 0 aromatic rings. The number of sulfonamides is 1. The van der Waals surface area contributed by atoms with Crippen LogP contribution in [0.25, 0.3) is 0 Å². The van der Waals surface area contributed by atoms with Crippen LogP contribution in [0.3, 0.4) is 0 Å². The van der Waals surface area contributed by atoms with E-state index in [4.69, 9.17) is 0 Å². The zero-order valence-corrected chi connectivity index (χ0v) is 8.57. The fourth-order valence-corrected chi connectivity index (χ4v) is 2.28. The molecular formula is C5H13NO2SSi. The Balaban J connectivity index is 4.31. The summed E-state index contributed by atoms with van der Waals surface area (Å²) in [5.41, 5.74) is 0. The van der Waals surface area contributed by atoms with Crippen LogP contribution in [0.1, 0.15) is 0 Å². The number of hydrogen-bond donors (Lipinski definition) is 0. The molecule has 60 valence electrons. The van der Waals surface area contributed by atoms with E-state index in [1.807, 2.05) is 19.6 Å². The van der Waals surface area contributed by atoms with Gasteiger partial charge in [-0.25, -0.2) is 8.42 Å². The number of hydrogen-bond acceptors (Lipinski definition) is 2. The lowest BCUT2D eigenvalue weighted by Gasteiger charge is -2.05. The van der Waals surface area contributed by atoms with E-state index < -0.39 is 18.1 Å². The Morgan fingerprint density at radius 3 is 1.80 bits per heavy atom. The van der Waals surface area contributed by atoms with Gasteiger partial charge in [0.05, 0.1) is 14.3 Å². The highest BCUT2D eigenvalue weighted by molar-refractivity contribution is 7.89. The molecule has 0 rings (SSSR count). The van der Waals surface area contributed by atoms with Crippen molar-refractivity contribution in [2.24, 2.45) is 4.40 Å². The molecule has 5 heteroatoms. The van der Waals surface area contributed by atoms with Crippen LogP contribution < -0.4 is 0 Å². The first-order chi connectivity index (χ1) is 4.21. The van der Waals surface area contributed by atoms with Gasteiger partial charge in [-0.15, -0.1) is 0 Å². The van der Waals surface area contributed by atoms with Gasteiger partial charge in [0, 0.05) is 5.84 Å². The third-order valence-corrected chi connectivity index (χ3v) is 2.21. The van der Waals surface area contributed by atoms with E-state index in [1.165, 1.54) is 0 Å². The van der Waals surface area contributed by atoms with Crippen molar-refractivity contribution in [1.82, 2.24) is 0 Å². The number of rotatable bonds is 2. The second-order valence-corrected chi connectivity index (χ2v) is 10.0. The normalized spacial score (nSPS) is 14.4. The van der Waals surface area contributed by atoms with Gasteiger partial charge in [-0.2, -0.15) is 4.40 Å². The Hall–Kier alpha value is -0.163. The van der Waals surface area contributed by atoms with E-state index in [1.54, 1.807) is 5.84 Å². The van der Waals surface area contributed by atoms with Crippen LogP contribution in [0.5, 0.6) is 0 Å². The monoisotopic (exact) mass is 179 g/mol. The molecule has 0 aliphatic rings. The molecule has 0 bridgehead atoms. The Labute approximate surface area is 63.2 Å². The summed E-state index contributed by atoms with van der Waals surface area (Å²) in [5.74, 6) is 1.57. The second kappa shape index (κ2) is 2.83. The molecular weight excluding hydrogens is 166 g/mol. The van der Waals surface area contributed by atoms with Crippen LogP contribution in [-0.2, 0) is 10.0 Å². The maximum atomic E-state index is 10.5. The van der Waals surface area contributed by atoms with Gasteiger partial charge >= 0.3 is 0 Å². The van der Waals surface area contributed by atoms with Gasteiger partial charge in [-0.05, 0) is 0 Å². The van der Waals surface area contributed by atoms with Crippen LogP contribution in [0.15, 0.2) is 4.40 Å². The summed E-state index contributed by atoms with van der Waals surface area (Å²) in [6.45, 7) is 6.09. The zero-order chi connectivity index (χ0) is 8.41. The first kappa shape index (κ1) is 9.84. The van der Waals surface area contributed by atoms with Gasteiger partial charge in [-0.1, -0.05) is 19.6 Å². The van der Waals surface area contributed by atoms with Crippen molar-refractivity contribution in [1.29, 1.82) is 0 Å². The molecule has 0 atom stereocenters. The standard InChI is InChI=1S/C5H13NO2SSi/c1-9(7,8)6-5-10(2,3)4/h5H,1-4H3/b6-5+. The Kier molecular flexibility index (Phi) is 2.79. The Morgan fingerprint density at radius 1 is 1.30 bits per heavy atom. The van der Waals surface area contributed by atoms with E-state index in [9.17, 15) is 8.42 Å². The Bertz CT molecular complexity index is 225. The fraction of sp³-hybridized carbons (Fsp3) is 0.800.